The second-order valence-corrected chi connectivity index (χ2v) is 4.68. The van der Waals surface area contributed by atoms with Gasteiger partial charge in [0, 0.05) is 11.3 Å². The lowest BCUT2D eigenvalue weighted by molar-refractivity contribution is -0.113. The number of benzene rings is 2. The molecule has 2 aromatic carbocycles. The number of halogens is 1. The predicted molar refractivity (Wildman–Crippen MR) is 86.7 cm³/mol. The Morgan fingerprint density at radius 3 is 2.59 bits per heavy atom. The molecule has 0 aliphatic heterocycles. The Labute approximate surface area is 133 Å². The maximum absolute atomic E-state index is 12.3. The van der Waals surface area contributed by atoms with Crippen molar-refractivity contribution in [3.63, 3.8) is 0 Å². The van der Waals surface area contributed by atoms with Crippen LogP contribution in [-0.2, 0) is 4.79 Å². The molecule has 2 N–H and O–H groups in total. The van der Waals surface area contributed by atoms with Crippen LogP contribution in [0.25, 0.3) is 0 Å². The number of rotatable bonds is 5. The maximum atomic E-state index is 12.3. The predicted octanol–water partition coefficient (Wildman–Crippen LogP) is 3.12. The monoisotopic (exact) mass is 318 g/mol. The van der Waals surface area contributed by atoms with Crippen molar-refractivity contribution in [3.05, 3.63) is 54.1 Å². The Bertz CT molecular complexity index is 689. The van der Waals surface area contributed by atoms with Gasteiger partial charge in [-0.05, 0) is 30.3 Å². The van der Waals surface area contributed by atoms with E-state index in [0.29, 0.717) is 22.7 Å². The molecular formula is C16H15ClN2O3. The van der Waals surface area contributed by atoms with Gasteiger partial charge in [-0.25, -0.2) is 0 Å². The Balaban J connectivity index is 2.16. The summed E-state index contributed by atoms with van der Waals surface area (Å²) >= 11 is 5.44. The highest BCUT2D eigenvalue weighted by atomic mass is 35.5. The number of amides is 2. The van der Waals surface area contributed by atoms with Gasteiger partial charge in [-0.3, -0.25) is 9.59 Å². The summed E-state index contributed by atoms with van der Waals surface area (Å²) in [6, 6.07) is 13.7. The number of alkyl halides is 1. The van der Waals surface area contributed by atoms with Crippen molar-refractivity contribution >= 4 is 34.8 Å². The summed E-state index contributed by atoms with van der Waals surface area (Å²) in [6.07, 6.45) is 0. The Morgan fingerprint density at radius 1 is 1.09 bits per heavy atom. The van der Waals surface area contributed by atoms with Crippen LogP contribution in [0.4, 0.5) is 11.4 Å². The van der Waals surface area contributed by atoms with Gasteiger partial charge in [0.25, 0.3) is 5.91 Å². The zero-order valence-corrected chi connectivity index (χ0v) is 12.7. The normalized spacial score (nSPS) is 9.91. The number of hydrogen-bond acceptors (Lipinski definition) is 3. The van der Waals surface area contributed by atoms with E-state index in [4.69, 9.17) is 16.3 Å². The third-order valence-corrected chi connectivity index (χ3v) is 3.13. The van der Waals surface area contributed by atoms with Gasteiger partial charge in [0.05, 0.1) is 12.8 Å². The summed E-state index contributed by atoms with van der Waals surface area (Å²) in [6.45, 7) is 0. The standard InChI is InChI=1S/C16H15ClN2O3/c1-22-14-8-3-2-7-13(14)19-16(21)11-5-4-6-12(9-11)18-15(20)10-17/h2-9H,10H2,1H3,(H,18,20)(H,19,21). The second kappa shape index (κ2) is 7.47. The number of hydrogen-bond donors (Lipinski definition) is 2. The number of methoxy groups -OCH3 is 1. The third-order valence-electron chi connectivity index (χ3n) is 2.89. The summed E-state index contributed by atoms with van der Waals surface area (Å²) in [7, 11) is 1.54. The first-order valence-electron chi connectivity index (χ1n) is 6.54. The molecule has 0 spiro atoms. The molecule has 0 saturated heterocycles. The molecule has 2 aromatic rings. The van der Waals surface area contributed by atoms with E-state index in [2.05, 4.69) is 10.6 Å². The average molecular weight is 319 g/mol. The topological polar surface area (TPSA) is 67.4 Å². The quantitative estimate of drug-likeness (QED) is 0.832. The van der Waals surface area contributed by atoms with Crippen LogP contribution in [0.3, 0.4) is 0 Å². The SMILES string of the molecule is COc1ccccc1NC(=O)c1cccc(NC(=O)CCl)c1. The van der Waals surface area contributed by atoms with Crippen LogP contribution < -0.4 is 15.4 Å². The molecule has 0 fully saturated rings. The molecule has 22 heavy (non-hydrogen) atoms. The van der Waals surface area contributed by atoms with Crippen molar-refractivity contribution in [1.29, 1.82) is 0 Å². The van der Waals surface area contributed by atoms with Crippen LogP contribution in [0.15, 0.2) is 48.5 Å². The van der Waals surface area contributed by atoms with Crippen molar-refractivity contribution in [1.82, 2.24) is 0 Å². The Hall–Kier alpha value is -2.53. The number of anilines is 2. The Kier molecular flexibility index (Phi) is 5.38. The minimum atomic E-state index is -0.330. The van der Waals surface area contributed by atoms with Gasteiger partial charge in [-0.2, -0.15) is 0 Å². The van der Waals surface area contributed by atoms with Crippen LogP contribution in [0.5, 0.6) is 5.75 Å². The Morgan fingerprint density at radius 2 is 1.86 bits per heavy atom. The number of para-hydroxylation sites is 2. The molecule has 6 heteroatoms. The van der Waals surface area contributed by atoms with E-state index in [1.54, 1.807) is 42.5 Å². The van der Waals surface area contributed by atoms with Gasteiger partial charge in [-0.1, -0.05) is 18.2 Å². The zero-order valence-electron chi connectivity index (χ0n) is 11.9. The lowest BCUT2D eigenvalue weighted by Gasteiger charge is -2.10. The lowest BCUT2D eigenvalue weighted by atomic mass is 10.1. The van der Waals surface area contributed by atoms with Gasteiger partial charge >= 0.3 is 0 Å². The number of ether oxygens (including phenoxy) is 1. The van der Waals surface area contributed by atoms with Gasteiger partial charge < -0.3 is 15.4 Å². The molecule has 0 aliphatic rings. The fourth-order valence-corrected chi connectivity index (χ4v) is 1.94. The summed E-state index contributed by atoms with van der Waals surface area (Å²) in [4.78, 5) is 23.6. The molecule has 114 valence electrons. The van der Waals surface area contributed by atoms with Crippen LogP contribution >= 0.6 is 11.6 Å². The molecule has 0 atom stereocenters. The smallest absolute Gasteiger partial charge is 0.255 e. The fourth-order valence-electron chi connectivity index (χ4n) is 1.87. The summed E-state index contributed by atoms with van der Waals surface area (Å²) in [5, 5.41) is 5.37. The minimum absolute atomic E-state index is 0.141. The highest BCUT2D eigenvalue weighted by Gasteiger charge is 2.10. The van der Waals surface area contributed by atoms with Gasteiger partial charge in [0.15, 0.2) is 0 Å². The fraction of sp³-hybridized carbons (Fsp3) is 0.125. The number of carbonyl (C=O) groups excluding carboxylic acids is 2. The molecular weight excluding hydrogens is 304 g/mol. The minimum Gasteiger partial charge on any atom is -0.495 e. The largest absolute Gasteiger partial charge is 0.495 e. The van der Waals surface area contributed by atoms with Crippen molar-refractivity contribution in [2.45, 2.75) is 0 Å². The van der Waals surface area contributed by atoms with E-state index in [1.165, 1.54) is 7.11 Å². The van der Waals surface area contributed by atoms with Crippen LogP contribution in [0, 0.1) is 0 Å². The highest BCUT2D eigenvalue weighted by molar-refractivity contribution is 6.29. The summed E-state index contributed by atoms with van der Waals surface area (Å²) < 4.78 is 5.19. The molecule has 0 unspecified atom stereocenters. The number of nitrogens with one attached hydrogen (secondary N) is 2. The van der Waals surface area contributed by atoms with Gasteiger partial charge in [-0.15, -0.1) is 11.6 Å². The average Bonchev–Trinajstić information content (AvgIpc) is 2.55. The first-order chi connectivity index (χ1) is 10.6. The van der Waals surface area contributed by atoms with E-state index in [9.17, 15) is 9.59 Å². The molecule has 0 aliphatic carbocycles. The van der Waals surface area contributed by atoms with E-state index in [0.717, 1.165) is 0 Å². The molecule has 0 heterocycles. The van der Waals surface area contributed by atoms with Crippen molar-refractivity contribution in [2.24, 2.45) is 0 Å². The molecule has 2 rings (SSSR count). The molecule has 5 nitrogen and oxygen atoms in total. The van der Waals surface area contributed by atoms with Gasteiger partial charge in [0.1, 0.15) is 11.6 Å². The number of carbonyl (C=O) groups is 2. The zero-order chi connectivity index (χ0) is 15.9. The first-order valence-corrected chi connectivity index (χ1v) is 7.07. The third kappa shape index (κ3) is 3.99. The molecule has 0 saturated carbocycles. The van der Waals surface area contributed by atoms with E-state index < -0.39 is 0 Å². The molecule has 0 aromatic heterocycles. The van der Waals surface area contributed by atoms with E-state index in [-0.39, 0.29) is 17.7 Å². The van der Waals surface area contributed by atoms with Crippen molar-refractivity contribution < 1.29 is 14.3 Å². The first kappa shape index (κ1) is 15.9. The molecule has 2 amide bonds. The van der Waals surface area contributed by atoms with E-state index >= 15 is 0 Å². The summed E-state index contributed by atoms with van der Waals surface area (Å²) in [5.41, 5.74) is 1.50. The molecule has 0 bridgehead atoms. The summed E-state index contributed by atoms with van der Waals surface area (Å²) in [5.74, 6) is -0.199. The second-order valence-electron chi connectivity index (χ2n) is 4.42. The highest BCUT2D eigenvalue weighted by Crippen LogP contribution is 2.24. The van der Waals surface area contributed by atoms with Crippen LogP contribution in [-0.4, -0.2) is 24.8 Å². The molecule has 0 radical (unpaired) electrons. The van der Waals surface area contributed by atoms with E-state index in [1.807, 2.05) is 6.07 Å². The maximum Gasteiger partial charge on any atom is 0.255 e. The van der Waals surface area contributed by atoms with Crippen LogP contribution in [0.2, 0.25) is 0 Å². The van der Waals surface area contributed by atoms with Crippen molar-refractivity contribution in [3.8, 4) is 5.75 Å². The van der Waals surface area contributed by atoms with Crippen molar-refractivity contribution in [2.75, 3.05) is 23.6 Å². The van der Waals surface area contributed by atoms with Crippen LogP contribution in [0.1, 0.15) is 10.4 Å². The lowest BCUT2D eigenvalue weighted by Crippen LogP contribution is -2.15. The van der Waals surface area contributed by atoms with Gasteiger partial charge in [0.2, 0.25) is 5.91 Å².